The van der Waals surface area contributed by atoms with E-state index in [4.69, 9.17) is 21.1 Å². The lowest BCUT2D eigenvalue weighted by Gasteiger charge is -2.18. The van der Waals surface area contributed by atoms with Crippen molar-refractivity contribution in [3.8, 4) is 5.75 Å². The largest absolute Gasteiger partial charge is 0.500 e. The lowest BCUT2D eigenvalue weighted by molar-refractivity contribution is 0.255. The second kappa shape index (κ2) is 7.87. The molecule has 0 bridgehead atoms. The number of benzene rings is 1. The summed E-state index contributed by atoms with van der Waals surface area (Å²) in [6, 6.07) is 5.80. The summed E-state index contributed by atoms with van der Waals surface area (Å²) in [5.74, 6) is 1.36. The summed E-state index contributed by atoms with van der Waals surface area (Å²) in [6.45, 7) is 7.91. The van der Waals surface area contributed by atoms with E-state index in [0.717, 1.165) is 12.0 Å². The van der Waals surface area contributed by atoms with Crippen LogP contribution in [-0.2, 0) is 11.2 Å². The van der Waals surface area contributed by atoms with E-state index in [1.165, 1.54) is 0 Å². The van der Waals surface area contributed by atoms with Crippen molar-refractivity contribution in [1.29, 1.82) is 0 Å². The van der Waals surface area contributed by atoms with Crippen LogP contribution < -0.4 is 10.1 Å². The number of methoxy groups -OCH3 is 1. The van der Waals surface area contributed by atoms with Gasteiger partial charge in [0.05, 0.1) is 18.2 Å². The smallest absolute Gasteiger partial charge is 0.138 e. The molecule has 3 nitrogen and oxygen atoms in total. The third-order valence-corrected chi connectivity index (χ3v) is 3.09. The highest BCUT2D eigenvalue weighted by atomic mass is 35.5. The topological polar surface area (TPSA) is 30.5 Å². The molecule has 0 aromatic heterocycles. The van der Waals surface area contributed by atoms with Crippen LogP contribution in [0.2, 0.25) is 5.02 Å². The maximum Gasteiger partial charge on any atom is 0.138 e. The normalized spacial score (nSPS) is 11.7. The fraction of sp³-hybridized carbons (Fsp3) is 0.333. The monoisotopic (exact) mass is 281 g/mol. The highest BCUT2D eigenvalue weighted by Gasteiger charge is 2.12. The molecule has 0 saturated heterocycles. The molecule has 0 aliphatic rings. The first-order valence-electron chi connectivity index (χ1n) is 6.04. The van der Waals surface area contributed by atoms with Gasteiger partial charge in [-0.2, -0.15) is 0 Å². The Labute approximate surface area is 119 Å². The van der Waals surface area contributed by atoms with Crippen LogP contribution in [0.4, 0.5) is 0 Å². The number of rotatable bonds is 8. The molecule has 0 spiro atoms. The number of halogens is 1. The van der Waals surface area contributed by atoms with Gasteiger partial charge in [-0.25, -0.2) is 0 Å². The van der Waals surface area contributed by atoms with Crippen LogP contribution in [0.1, 0.15) is 5.56 Å². The van der Waals surface area contributed by atoms with E-state index in [9.17, 15) is 0 Å². The third-order valence-electron chi connectivity index (χ3n) is 2.79. The summed E-state index contributed by atoms with van der Waals surface area (Å²) < 4.78 is 10.6. The van der Waals surface area contributed by atoms with E-state index < -0.39 is 0 Å². The first kappa shape index (κ1) is 15.6. The first-order valence-corrected chi connectivity index (χ1v) is 6.42. The zero-order valence-corrected chi connectivity index (χ0v) is 12.2. The molecule has 1 aromatic rings. The highest BCUT2D eigenvalue weighted by molar-refractivity contribution is 6.32. The van der Waals surface area contributed by atoms with Crippen LogP contribution in [0.15, 0.2) is 43.2 Å². The molecular weight excluding hydrogens is 262 g/mol. The molecule has 0 fully saturated rings. The van der Waals surface area contributed by atoms with Crippen LogP contribution in [0.25, 0.3) is 0 Å². The molecule has 1 atom stereocenters. The van der Waals surface area contributed by atoms with E-state index in [2.05, 4.69) is 18.5 Å². The van der Waals surface area contributed by atoms with Crippen LogP contribution >= 0.6 is 11.6 Å². The van der Waals surface area contributed by atoms with Crippen LogP contribution in [-0.4, -0.2) is 26.8 Å². The van der Waals surface area contributed by atoms with Gasteiger partial charge < -0.3 is 14.8 Å². The summed E-state index contributed by atoms with van der Waals surface area (Å²) in [7, 11) is 3.49. The maximum atomic E-state index is 6.17. The molecule has 0 aliphatic heterocycles. The number of nitrogens with one attached hydrogen (secondary N) is 1. The van der Waals surface area contributed by atoms with E-state index >= 15 is 0 Å². The molecule has 0 saturated carbocycles. The van der Waals surface area contributed by atoms with Crippen LogP contribution in [0, 0.1) is 0 Å². The average Bonchev–Trinajstić information content (AvgIpc) is 2.43. The molecule has 0 radical (unpaired) electrons. The number of hydrogen-bond acceptors (Lipinski definition) is 3. The van der Waals surface area contributed by atoms with Crippen molar-refractivity contribution in [2.45, 2.75) is 12.5 Å². The van der Waals surface area contributed by atoms with Gasteiger partial charge in [-0.05, 0) is 31.2 Å². The van der Waals surface area contributed by atoms with Gasteiger partial charge >= 0.3 is 0 Å². The number of ether oxygens (including phenoxy) is 2. The van der Waals surface area contributed by atoms with Gasteiger partial charge in [-0.3, -0.25) is 0 Å². The first-order chi connectivity index (χ1) is 9.12. The van der Waals surface area contributed by atoms with Crippen LogP contribution in [0.5, 0.6) is 5.75 Å². The fourth-order valence-electron chi connectivity index (χ4n) is 1.69. The third kappa shape index (κ3) is 4.62. The zero-order valence-electron chi connectivity index (χ0n) is 11.4. The highest BCUT2D eigenvalue weighted by Crippen LogP contribution is 2.26. The standard InChI is InChI=1S/C15H20ClNO2/c1-5-8-19-15-7-6-12(9-13(15)16)10-14(17-3)11(2)18-4/h5-7,9,14,17H,1-2,8,10H2,3-4H3. The van der Waals surface area contributed by atoms with Crippen molar-refractivity contribution in [1.82, 2.24) is 5.32 Å². The van der Waals surface area contributed by atoms with Gasteiger partial charge in [-0.15, -0.1) is 0 Å². The average molecular weight is 282 g/mol. The van der Waals surface area contributed by atoms with E-state index in [-0.39, 0.29) is 6.04 Å². The predicted molar refractivity (Wildman–Crippen MR) is 79.8 cm³/mol. The molecule has 1 rings (SSSR count). The van der Waals surface area contributed by atoms with Gasteiger partial charge in [0, 0.05) is 0 Å². The summed E-state index contributed by atoms with van der Waals surface area (Å²) >= 11 is 6.17. The molecule has 0 amide bonds. The Bertz CT molecular complexity index is 446. The Hall–Kier alpha value is -1.45. The van der Waals surface area contributed by atoms with Crippen molar-refractivity contribution in [2.75, 3.05) is 20.8 Å². The molecular formula is C15H20ClNO2. The predicted octanol–water partition coefficient (Wildman–Crippen LogP) is 3.20. The SMILES string of the molecule is C=CCOc1ccc(CC(NC)C(=C)OC)cc1Cl. The van der Waals surface area contributed by atoms with Gasteiger partial charge in [-0.1, -0.05) is 36.9 Å². The molecule has 19 heavy (non-hydrogen) atoms. The van der Waals surface area contributed by atoms with Gasteiger partial charge in [0.1, 0.15) is 18.1 Å². The molecule has 0 heterocycles. The molecule has 104 valence electrons. The Morgan fingerprint density at radius 3 is 2.79 bits per heavy atom. The second-order valence-electron chi connectivity index (χ2n) is 4.08. The van der Waals surface area contributed by atoms with Gasteiger partial charge in [0.15, 0.2) is 0 Å². The summed E-state index contributed by atoms with van der Waals surface area (Å²) in [5, 5.41) is 3.75. The van der Waals surface area contributed by atoms with Crippen molar-refractivity contribution in [3.63, 3.8) is 0 Å². The quantitative estimate of drug-likeness (QED) is 0.586. The minimum absolute atomic E-state index is 0.0565. The van der Waals surface area contributed by atoms with E-state index in [1.807, 2.05) is 25.2 Å². The molecule has 1 aromatic carbocycles. The van der Waals surface area contributed by atoms with Crippen molar-refractivity contribution in [3.05, 3.63) is 53.8 Å². The minimum atomic E-state index is 0.0565. The Kier molecular flexibility index (Phi) is 6.46. The lowest BCUT2D eigenvalue weighted by Crippen LogP contribution is -2.30. The summed E-state index contributed by atoms with van der Waals surface area (Å²) in [4.78, 5) is 0. The van der Waals surface area contributed by atoms with Crippen molar-refractivity contribution < 1.29 is 9.47 Å². The molecule has 0 aliphatic carbocycles. The van der Waals surface area contributed by atoms with E-state index in [1.54, 1.807) is 13.2 Å². The number of likely N-dealkylation sites (N-methyl/N-ethyl adjacent to an activating group) is 1. The summed E-state index contributed by atoms with van der Waals surface area (Å²) in [5.41, 5.74) is 1.09. The fourth-order valence-corrected chi connectivity index (χ4v) is 1.95. The number of hydrogen-bond donors (Lipinski definition) is 1. The van der Waals surface area contributed by atoms with E-state index in [0.29, 0.717) is 23.1 Å². The van der Waals surface area contributed by atoms with Crippen LogP contribution in [0.3, 0.4) is 0 Å². The lowest BCUT2D eigenvalue weighted by atomic mass is 10.0. The molecule has 1 unspecified atom stereocenters. The molecule has 1 N–H and O–H groups in total. The summed E-state index contributed by atoms with van der Waals surface area (Å²) in [6.07, 6.45) is 2.44. The van der Waals surface area contributed by atoms with Crippen molar-refractivity contribution >= 4 is 11.6 Å². The zero-order chi connectivity index (χ0) is 14.3. The Balaban J connectivity index is 2.77. The van der Waals surface area contributed by atoms with Crippen molar-refractivity contribution in [2.24, 2.45) is 0 Å². The maximum absolute atomic E-state index is 6.17. The van der Waals surface area contributed by atoms with Gasteiger partial charge in [0.25, 0.3) is 0 Å². The minimum Gasteiger partial charge on any atom is -0.500 e. The Morgan fingerprint density at radius 1 is 1.53 bits per heavy atom. The Morgan fingerprint density at radius 2 is 2.26 bits per heavy atom. The van der Waals surface area contributed by atoms with Gasteiger partial charge in [0.2, 0.25) is 0 Å². The second-order valence-corrected chi connectivity index (χ2v) is 4.49. The molecule has 4 heteroatoms.